The van der Waals surface area contributed by atoms with Crippen molar-refractivity contribution < 1.29 is 19.8 Å². The summed E-state index contributed by atoms with van der Waals surface area (Å²) in [6, 6.07) is 14.2. The van der Waals surface area contributed by atoms with E-state index in [1.54, 1.807) is 24.3 Å². The first-order valence-corrected chi connectivity index (χ1v) is 11.2. The van der Waals surface area contributed by atoms with Gasteiger partial charge in [0.2, 0.25) is 0 Å². The van der Waals surface area contributed by atoms with Crippen molar-refractivity contribution in [1.82, 2.24) is 0 Å². The summed E-state index contributed by atoms with van der Waals surface area (Å²) in [6.45, 7) is 7.92. The number of phenolic OH excluding ortho intramolecular Hbond substituents is 2. The van der Waals surface area contributed by atoms with Crippen LogP contribution >= 0.6 is 0 Å². The van der Waals surface area contributed by atoms with Crippen molar-refractivity contribution in [3.8, 4) is 11.5 Å². The molecule has 0 heterocycles. The van der Waals surface area contributed by atoms with Crippen LogP contribution in [0.4, 0.5) is 0 Å². The standard InChI is InChI=1S/C27H36O4/c1-26(2,3)25(31)9-7-5-6-8-22(28)18-19-27(4,20-10-14-23(29)15-11-20)21-12-16-24(30)17-13-21/h10-17,29-30H,5-9,18-19H2,1-4H3. The molecule has 0 aliphatic rings. The Labute approximate surface area is 186 Å². The van der Waals surface area contributed by atoms with Crippen molar-refractivity contribution in [2.75, 3.05) is 0 Å². The average molecular weight is 425 g/mol. The van der Waals surface area contributed by atoms with Crippen molar-refractivity contribution in [3.63, 3.8) is 0 Å². The van der Waals surface area contributed by atoms with Crippen molar-refractivity contribution >= 4 is 11.6 Å². The molecule has 0 saturated heterocycles. The topological polar surface area (TPSA) is 74.6 Å². The normalized spacial score (nSPS) is 12.0. The number of hydrogen-bond donors (Lipinski definition) is 2. The molecule has 0 aromatic heterocycles. The predicted octanol–water partition coefficient (Wildman–Crippen LogP) is 6.32. The number of benzene rings is 2. The van der Waals surface area contributed by atoms with Gasteiger partial charge in [-0.05, 0) is 54.7 Å². The first kappa shape index (κ1) is 24.6. The number of carbonyl (C=O) groups excluding carboxylic acids is 2. The van der Waals surface area contributed by atoms with Crippen LogP contribution in [0.5, 0.6) is 11.5 Å². The largest absolute Gasteiger partial charge is 0.508 e. The number of phenols is 2. The number of Topliss-reactive ketones (excluding diaryl/α,β-unsaturated/α-hetero) is 2. The summed E-state index contributed by atoms with van der Waals surface area (Å²) in [5.74, 6) is 0.916. The van der Waals surface area contributed by atoms with Crippen LogP contribution in [0.3, 0.4) is 0 Å². The molecule has 0 spiro atoms. The number of aromatic hydroxyl groups is 2. The Morgan fingerprint density at radius 2 is 1.13 bits per heavy atom. The summed E-state index contributed by atoms with van der Waals surface area (Å²) in [5.41, 5.74) is 1.34. The molecule has 4 nitrogen and oxygen atoms in total. The maximum Gasteiger partial charge on any atom is 0.138 e. The number of ketones is 2. The summed E-state index contributed by atoms with van der Waals surface area (Å²) >= 11 is 0. The van der Waals surface area contributed by atoms with Crippen molar-refractivity contribution in [2.45, 2.75) is 78.1 Å². The molecule has 0 bridgehead atoms. The van der Waals surface area contributed by atoms with Crippen LogP contribution in [-0.2, 0) is 15.0 Å². The van der Waals surface area contributed by atoms with E-state index in [0.29, 0.717) is 25.7 Å². The van der Waals surface area contributed by atoms with Gasteiger partial charge in [0.1, 0.15) is 23.1 Å². The minimum Gasteiger partial charge on any atom is -0.508 e. The Balaban J connectivity index is 1.94. The SMILES string of the molecule is CC(C)(C)C(=O)CCCCCC(=O)CCC(C)(c1ccc(O)cc1)c1ccc(O)cc1. The maximum atomic E-state index is 12.6. The van der Waals surface area contributed by atoms with Gasteiger partial charge < -0.3 is 10.2 Å². The second kappa shape index (κ2) is 10.6. The monoisotopic (exact) mass is 424 g/mol. The van der Waals surface area contributed by atoms with E-state index in [2.05, 4.69) is 6.92 Å². The molecule has 0 radical (unpaired) electrons. The highest BCUT2D eigenvalue weighted by Crippen LogP contribution is 2.38. The van der Waals surface area contributed by atoms with Gasteiger partial charge in [0.05, 0.1) is 0 Å². The first-order chi connectivity index (χ1) is 14.5. The molecule has 0 aliphatic carbocycles. The van der Waals surface area contributed by atoms with Crippen LogP contribution in [0, 0.1) is 5.41 Å². The molecule has 2 N–H and O–H groups in total. The summed E-state index contributed by atoms with van der Waals surface area (Å²) in [4.78, 5) is 24.6. The molecule has 4 heteroatoms. The van der Waals surface area contributed by atoms with E-state index < -0.39 is 5.41 Å². The van der Waals surface area contributed by atoms with Gasteiger partial charge in [-0.15, -0.1) is 0 Å². The summed E-state index contributed by atoms with van der Waals surface area (Å²) < 4.78 is 0. The number of hydrogen-bond acceptors (Lipinski definition) is 4. The second-order valence-electron chi connectivity index (χ2n) is 9.70. The van der Waals surface area contributed by atoms with Gasteiger partial charge in [-0.2, -0.15) is 0 Å². The smallest absolute Gasteiger partial charge is 0.138 e. The van der Waals surface area contributed by atoms with E-state index in [4.69, 9.17) is 0 Å². The minimum atomic E-state index is -0.407. The molecular weight excluding hydrogens is 388 g/mol. The van der Waals surface area contributed by atoms with Crippen LogP contribution in [0.15, 0.2) is 48.5 Å². The lowest BCUT2D eigenvalue weighted by Crippen LogP contribution is -2.24. The van der Waals surface area contributed by atoms with Crippen molar-refractivity contribution in [3.05, 3.63) is 59.7 Å². The third-order valence-electron chi connectivity index (χ3n) is 6.11. The Morgan fingerprint density at radius 3 is 1.58 bits per heavy atom. The lowest BCUT2D eigenvalue weighted by molar-refractivity contribution is -0.126. The predicted molar refractivity (Wildman–Crippen MR) is 124 cm³/mol. The molecule has 31 heavy (non-hydrogen) atoms. The highest BCUT2D eigenvalue weighted by atomic mass is 16.3. The Kier molecular flexibility index (Phi) is 8.43. The Bertz CT molecular complexity index is 812. The molecule has 0 unspecified atom stereocenters. The minimum absolute atomic E-state index is 0.206. The molecular formula is C27H36O4. The fourth-order valence-corrected chi connectivity index (χ4v) is 3.79. The van der Waals surface area contributed by atoms with Crippen LogP contribution < -0.4 is 0 Å². The van der Waals surface area contributed by atoms with Gasteiger partial charge in [0.25, 0.3) is 0 Å². The van der Waals surface area contributed by atoms with Gasteiger partial charge in [0.15, 0.2) is 0 Å². The zero-order valence-electron chi connectivity index (χ0n) is 19.3. The molecule has 0 fully saturated rings. The van der Waals surface area contributed by atoms with Crippen LogP contribution in [0.1, 0.15) is 83.8 Å². The molecule has 168 valence electrons. The van der Waals surface area contributed by atoms with Crippen molar-refractivity contribution in [2.24, 2.45) is 5.41 Å². The third kappa shape index (κ3) is 7.23. The first-order valence-electron chi connectivity index (χ1n) is 11.2. The average Bonchev–Trinajstić information content (AvgIpc) is 2.72. The third-order valence-corrected chi connectivity index (χ3v) is 6.11. The van der Waals surface area contributed by atoms with E-state index in [9.17, 15) is 19.8 Å². The maximum absolute atomic E-state index is 12.6. The fourth-order valence-electron chi connectivity index (χ4n) is 3.79. The number of rotatable bonds is 11. The highest BCUT2D eigenvalue weighted by Gasteiger charge is 2.29. The summed E-state index contributed by atoms with van der Waals surface area (Å²) in [5, 5.41) is 19.3. The van der Waals surface area contributed by atoms with E-state index in [0.717, 1.165) is 30.4 Å². The molecule has 2 rings (SSSR count). The van der Waals surface area contributed by atoms with E-state index >= 15 is 0 Å². The summed E-state index contributed by atoms with van der Waals surface area (Å²) in [7, 11) is 0. The van der Waals surface area contributed by atoms with Crippen LogP contribution in [-0.4, -0.2) is 21.8 Å². The molecule has 0 atom stereocenters. The molecule has 2 aromatic rings. The van der Waals surface area contributed by atoms with Crippen molar-refractivity contribution in [1.29, 1.82) is 0 Å². The zero-order chi connectivity index (χ0) is 23.1. The van der Waals surface area contributed by atoms with Gasteiger partial charge in [-0.1, -0.05) is 58.4 Å². The van der Waals surface area contributed by atoms with E-state index in [1.807, 2.05) is 45.0 Å². The van der Waals surface area contributed by atoms with Gasteiger partial charge in [0, 0.05) is 30.1 Å². The lowest BCUT2D eigenvalue weighted by atomic mass is 9.72. The molecule has 0 aliphatic heterocycles. The zero-order valence-corrected chi connectivity index (χ0v) is 19.3. The van der Waals surface area contributed by atoms with Crippen LogP contribution in [0.2, 0.25) is 0 Å². The fraction of sp³-hybridized carbons (Fsp3) is 0.481. The number of carbonyl (C=O) groups is 2. The molecule has 2 aromatic carbocycles. The van der Waals surface area contributed by atoms with Gasteiger partial charge >= 0.3 is 0 Å². The second-order valence-corrected chi connectivity index (χ2v) is 9.70. The van der Waals surface area contributed by atoms with Crippen LogP contribution in [0.25, 0.3) is 0 Å². The highest BCUT2D eigenvalue weighted by molar-refractivity contribution is 5.83. The lowest BCUT2D eigenvalue weighted by Gasteiger charge is -2.31. The van der Waals surface area contributed by atoms with Gasteiger partial charge in [-0.25, -0.2) is 0 Å². The van der Waals surface area contributed by atoms with E-state index in [1.165, 1.54) is 0 Å². The van der Waals surface area contributed by atoms with E-state index in [-0.39, 0.29) is 28.5 Å². The molecule has 0 amide bonds. The summed E-state index contributed by atoms with van der Waals surface area (Å²) in [6.07, 6.45) is 4.75. The quantitative estimate of drug-likeness (QED) is 0.414. The Morgan fingerprint density at radius 1 is 0.677 bits per heavy atom. The number of unbranched alkanes of at least 4 members (excludes halogenated alkanes) is 2. The molecule has 0 saturated carbocycles. The van der Waals surface area contributed by atoms with Gasteiger partial charge in [-0.3, -0.25) is 9.59 Å². The Hall–Kier alpha value is -2.62.